The second kappa shape index (κ2) is 6.13. The highest BCUT2D eigenvalue weighted by molar-refractivity contribution is 7.10. The van der Waals surface area contributed by atoms with Gasteiger partial charge < -0.3 is 4.74 Å². The van der Waals surface area contributed by atoms with Crippen LogP contribution in [-0.2, 0) is 27.2 Å². The maximum Gasteiger partial charge on any atom is 0.271 e. The highest BCUT2D eigenvalue weighted by Gasteiger charge is 2.63. The van der Waals surface area contributed by atoms with Crippen molar-refractivity contribution in [3.8, 4) is 0 Å². The second-order valence-corrected chi connectivity index (χ2v) is 10.6. The number of hydrazine groups is 1. The molecule has 3 fully saturated rings. The molecule has 1 N–H and O–H groups in total. The van der Waals surface area contributed by atoms with Crippen LogP contribution in [0.1, 0.15) is 60.8 Å². The maximum absolute atomic E-state index is 12.9. The number of carbonyl (C=O) groups is 3. The summed E-state index contributed by atoms with van der Waals surface area (Å²) in [5.41, 5.74) is 4.57. The van der Waals surface area contributed by atoms with E-state index in [2.05, 4.69) is 26.2 Å². The SMILES string of the molecule is CC(C)(C)[C@H]1CCc2c(C(=O)NN3C(=O)[C@@H]4[C@@H](C3=O)[C@@H]3CC[C@@H]4O3)csc2C1. The van der Waals surface area contributed by atoms with Crippen LogP contribution in [0.3, 0.4) is 0 Å². The Labute approximate surface area is 168 Å². The minimum absolute atomic E-state index is 0.170. The quantitative estimate of drug-likeness (QED) is 0.772. The van der Waals surface area contributed by atoms with Crippen molar-refractivity contribution in [1.82, 2.24) is 10.4 Å². The zero-order chi connectivity index (χ0) is 19.8. The molecule has 5 rings (SSSR count). The number of imide groups is 1. The van der Waals surface area contributed by atoms with Crippen molar-refractivity contribution in [2.24, 2.45) is 23.2 Å². The number of thiophene rings is 1. The van der Waals surface area contributed by atoms with E-state index in [1.54, 1.807) is 11.3 Å². The largest absolute Gasteiger partial charge is 0.373 e. The van der Waals surface area contributed by atoms with E-state index in [0.717, 1.165) is 42.7 Å². The van der Waals surface area contributed by atoms with Crippen LogP contribution in [-0.4, -0.2) is 34.9 Å². The zero-order valence-electron chi connectivity index (χ0n) is 16.5. The van der Waals surface area contributed by atoms with Gasteiger partial charge in [-0.05, 0) is 49.0 Å². The number of carbonyl (C=O) groups excluding carboxylic acids is 3. The number of amides is 3. The molecule has 7 heteroatoms. The summed E-state index contributed by atoms with van der Waals surface area (Å²) in [4.78, 5) is 39.7. The number of hydrogen-bond donors (Lipinski definition) is 1. The van der Waals surface area contributed by atoms with Gasteiger partial charge in [0.1, 0.15) is 0 Å². The minimum atomic E-state index is -0.421. The van der Waals surface area contributed by atoms with Crippen LogP contribution in [0.15, 0.2) is 5.38 Å². The van der Waals surface area contributed by atoms with Gasteiger partial charge in [0.15, 0.2) is 0 Å². The molecule has 4 aliphatic rings. The third-order valence-electron chi connectivity index (χ3n) is 7.12. The van der Waals surface area contributed by atoms with Gasteiger partial charge in [0.2, 0.25) is 0 Å². The highest BCUT2D eigenvalue weighted by Crippen LogP contribution is 2.48. The predicted octanol–water partition coefficient (Wildman–Crippen LogP) is 2.71. The maximum atomic E-state index is 12.9. The first-order valence-electron chi connectivity index (χ1n) is 10.2. The standard InChI is InChI=1S/C21H26N2O4S/c1-21(2,3)10-4-5-11-12(9-28-15(11)8-10)18(24)22-23-19(25)16-13-6-7-14(27-13)17(16)20(23)26/h9-10,13-14,16-17H,4-8H2,1-3H3,(H,22,24)/t10-,13-,14-,16-,17-/m0/s1. The van der Waals surface area contributed by atoms with Gasteiger partial charge in [-0.1, -0.05) is 20.8 Å². The number of nitrogens with zero attached hydrogens (tertiary/aromatic N) is 1. The molecule has 28 heavy (non-hydrogen) atoms. The summed E-state index contributed by atoms with van der Waals surface area (Å²) >= 11 is 1.62. The highest BCUT2D eigenvalue weighted by atomic mass is 32.1. The molecule has 1 aromatic heterocycles. The van der Waals surface area contributed by atoms with Gasteiger partial charge in [0, 0.05) is 10.3 Å². The normalized spacial score (nSPS) is 34.0. The van der Waals surface area contributed by atoms with E-state index in [0.29, 0.717) is 11.5 Å². The number of fused-ring (bicyclic) bond motifs is 6. The van der Waals surface area contributed by atoms with Crippen molar-refractivity contribution in [2.45, 2.75) is 65.1 Å². The van der Waals surface area contributed by atoms with Crippen molar-refractivity contribution in [3.63, 3.8) is 0 Å². The van der Waals surface area contributed by atoms with Crippen molar-refractivity contribution < 1.29 is 19.1 Å². The smallest absolute Gasteiger partial charge is 0.271 e. The lowest BCUT2D eigenvalue weighted by Gasteiger charge is -2.34. The first kappa shape index (κ1) is 18.3. The van der Waals surface area contributed by atoms with Crippen LogP contribution in [0.25, 0.3) is 0 Å². The monoisotopic (exact) mass is 402 g/mol. The van der Waals surface area contributed by atoms with E-state index in [4.69, 9.17) is 4.74 Å². The third kappa shape index (κ3) is 2.59. The fraction of sp³-hybridized carbons (Fsp3) is 0.667. The van der Waals surface area contributed by atoms with Gasteiger partial charge in [-0.3, -0.25) is 19.8 Å². The van der Waals surface area contributed by atoms with Crippen LogP contribution in [0, 0.1) is 23.2 Å². The van der Waals surface area contributed by atoms with E-state index in [1.165, 1.54) is 4.88 Å². The van der Waals surface area contributed by atoms with Gasteiger partial charge in [-0.2, -0.15) is 5.01 Å². The lowest BCUT2D eigenvalue weighted by molar-refractivity contribution is -0.145. The fourth-order valence-electron chi connectivity index (χ4n) is 5.43. The van der Waals surface area contributed by atoms with E-state index >= 15 is 0 Å². The van der Waals surface area contributed by atoms with Gasteiger partial charge >= 0.3 is 0 Å². The van der Waals surface area contributed by atoms with E-state index < -0.39 is 11.8 Å². The van der Waals surface area contributed by atoms with Crippen molar-refractivity contribution in [1.29, 1.82) is 0 Å². The van der Waals surface area contributed by atoms with Crippen LogP contribution in [0.5, 0.6) is 0 Å². The summed E-state index contributed by atoms with van der Waals surface area (Å²) in [6, 6.07) is 0. The summed E-state index contributed by atoms with van der Waals surface area (Å²) in [6.07, 6.45) is 4.21. The molecule has 0 aromatic carbocycles. The van der Waals surface area contributed by atoms with Gasteiger partial charge in [-0.15, -0.1) is 11.3 Å². The summed E-state index contributed by atoms with van der Waals surface area (Å²) in [5, 5.41) is 2.85. The van der Waals surface area contributed by atoms with E-state index in [1.807, 2.05) is 5.38 Å². The molecule has 0 spiro atoms. The molecule has 0 radical (unpaired) electrons. The minimum Gasteiger partial charge on any atom is -0.373 e. The molecule has 1 aliphatic carbocycles. The average Bonchev–Trinajstić information content (AvgIpc) is 3.39. The Kier molecular flexibility index (Phi) is 4.01. The van der Waals surface area contributed by atoms with Crippen LogP contribution in [0.4, 0.5) is 0 Å². The lowest BCUT2D eigenvalue weighted by Crippen LogP contribution is -2.48. The summed E-state index contributed by atoms with van der Waals surface area (Å²) in [7, 11) is 0. The molecule has 3 aliphatic heterocycles. The third-order valence-corrected chi connectivity index (χ3v) is 8.17. The molecule has 150 valence electrons. The topological polar surface area (TPSA) is 75.7 Å². The summed E-state index contributed by atoms with van der Waals surface area (Å²) < 4.78 is 5.74. The number of ether oxygens (including phenoxy) is 1. The van der Waals surface area contributed by atoms with Crippen molar-refractivity contribution in [2.75, 3.05) is 0 Å². The zero-order valence-corrected chi connectivity index (χ0v) is 17.3. The van der Waals surface area contributed by atoms with E-state index in [9.17, 15) is 14.4 Å². The number of rotatable bonds is 2. The fourth-order valence-corrected chi connectivity index (χ4v) is 6.59. The first-order valence-corrected chi connectivity index (χ1v) is 11.1. The Morgan fingerprint density at radius 1 is 1.14 bits per heavy atom. The summed E-state index contributed by atoms with van der Waals surface area (Å²) in [5.74, 6) is -1.21. The molecule has 2 bridgehead atoms. The molecule has 4 heterocycles. The Balaban J connectivity index is 1.33. The lowest BCUT2D eigenvalue weighted by atomic mass is 9.72. The predicted molar refractivity (Wildman–Crippen MR) is 103 cm³/mol. The van der Waals surface area contributed by atoms with Crippen LogP contribution in [0.2, 0.25) is 0 Å². The molecule has 0 saturated carbocycles. The average molecular weight is 403 g/mol. The number of nitrogens with one attached hydrogen (secondary N) is 1. The number of hydrogen-bond acceptors (Lipinski definition) is 5. The van der Waals surface area contributed by atoms with Gasteiger partial charge in [0.05, 0.1) is 29.6 Å². The first-order chi connectivity index (χ1) is 13.3. The molecule has 6 nitrogen and oxygen atoms in total. The Bertz CT molecular complexity index is 842. The van der Waals surface area contributed by atoms with Crippen molar-refractivity contribution in [3.05, 3.63) is 21.4 Å². The molecular weight excluding hydrogens is 376 g/mol. The van der Waals surface area contributed by atoms with Crippen molar-refractivity contribution >= 4 is 29.1 Å². The van der Waals surface area contributed by atoms with Crippen LogP contribution < -0.4 is 5.43 Å². The summed E-state index contributed by atoms with van der Waals surface area (Å²) in [6.45, 7) is 6.80. The molecule has 1 aromatic rings. The van der Waals surface area contributed by atoms with Gasteiger partial charge in [0.25, 0.3) is 17.7 Å². The van der Waals surface area contributed by atoms with E-state index in [-0.39, 0.29) is 35.3 Å². The van der Waals surface area contributed by atoms with Gasteiger partial charge in [-0.25, -0.2) is 0 Å². The molecule has 0 unspecified atom stereocenters. The molecule has 3 saturated heterocycles. The molecule has 5 atom stereocenters. The Morgan fingerprint density at radius 3 is 2.39 bits per heavy atom. The molecule has 3 amide bonds. The Hall–Kier alpha value is -1.73. The second-order valence-electron chi connectivity index (χ2n) is 9.65. The molecular formula is C21H26N2O4S. The van der Waals surface area contributed by atoms with Crippen LogP contribution >= 0.6 is 11.3 Å². The Morgan fingerprint density at radius 2 is 1.79 bits per heavy atom.